The molecule has 0 saturated carbocycles. The van der Waals surface area contributed by atoms with Gasteiger partial charge in [-0.2, -0.15) is 5.10 Å². The lowest BCUT2D eigenvalue weighted by Gasteiger charge is -2.09. The van der Waals surface area contributed by atoms with E-state index in [-0.39, 0.29) is 28.1 Å². The normalized spacial score (nSPS) is 11.0. The lowest BCUT2D eigenvalue weighted by Crippen LogP contribution is -2.15. The Morgan fingerprint density at radius 2 is 1.79 bits per heavy atom. The average Bonchev–Trinajstić information content (AvgIpc) is 3.14. The second-order valence-electron chi connectivity index (χ2n) is 6.15. The number of nitrogens with zero attached hydrogens (tertiary/aromatic N) is 3. The minimum atomic E-state index is -0.637. The van der Waals surface area contributed by atoms with Crippen molar-refractivity contribution in [3.63, 3.8) is 0 Å². The van der Waals surface area contributed by atoms with Crippen LogP contribution in [0.15, 0.2) is 61.1 Å². The van der Waals surface area contributed by atoms with Gasteiger partial charge in [-0.1, -0.05) is 47.5 Å². The lowest BCUT2D eigenvalue weighted by molar-refractivity contribution is -0.115. The number of hydrogen-bond acceptors (Lipinski definition) is 3. The molecule has 0 spiro atoms. The zero-order chi connectivity index (χ0) is 19.7. The summed E-state index contributed by atoms with van der Waals surface area (Å²) in [7, 11) is 0. The highest BCUT2D eigenvalue weighted by atomic mass is 35.5. The van der Waals surface area contributed by atoms with E-state index in [9.17, 15) is 9.18 Å². The molecule has 4 rings (SSSR count). The number of benzene rings is 2. The lowest BCUT2D eigenvalue weighted by atomic mass is 10.0. The first-order valence-corrected chi connectivity index (χ1v) is 9.08. The summed E-state index contributed by atoms with van der Waals surface area (Å²) < 4.78 is 15.6. The summed E-state index contributed by atoms with van der Waals surface area (Å²) in [6, 6.07) is 13.8. The summed E-state index contributed by atoms with van der Waals surface area (Å²) in [5.41, 5.74) is 3.53. The van der Waals surface area contributed by atoms with Crippen molar-refractivity contribution in [3.8, 4) is 11.1 Å². The number of anilines is 1. The molecule has 8 heteroatoms. The van der Waals surface area contributed by atoms with Gasteiger partial charge < -0.3 is 5.32 Å². The van der Waals surface area contributed by atoms with Crippen LogP contribution in [0.25, 0.3) is 16.8 Å². The number of pyridine rings is 1. The Bertz CT molecular complexity index is 1170. The van der Waals surface area contributed by atoms with Crippen LogP contribution < -0.4 is 5.32 Å². The molecule has 1 amide bonds. The van der Waals surface area contributed by atoms with Gasteiger partial charge in [-0.15, -0.1) is 0 Å². The van der Waals surface area contributed by atoms with E-state index in [1.807, 2.05) is 42.6 Å². The molecule has 2 aromatic carbocycles. The number of halogens is 3. The molecule has 0 fully saturated rings. The van der Waals surface area contributed by atoms with Crippen molar-refractivity contribution < 1.29 is 9.18 Å². The van der Waals surface area contributed by atoms with E-state index >= 15 is 0 Å². The quantitative estimate of drug-likeness (QED) is 0.476. The van der Waals surface area contributed by atoms with Gasteiger partial charge in [-0.25, -0.2) is 13.9 Å². The minimum absolute atomic E-state index is 0.00219. The third-order valence-corrected chi connectivity index (χ3v) is 4.94. The Labute approximate surface area is 169 Å². The van der Waals surface area contributed by atoms with Gasteiger partial charge >= 0.3 is 0 Å². The van der Waals surface area contributed by atoms with Gasteiger partial charge in [-0.05, 0) is 41.0 Å². The highest BCUT2D eigenvalue weighted by molar-refractivity contribution is 6.42. The van der Waals surface area contributed by atoms with Crippen molar-refractivity contribution in [2.75, 3.05) is 5.32 Å². The molecule has 140 valence electrons. The first-order chi connectivity index (χ1) is 13.5. The van der Waals surface area contributed by atoms with E-state index in [0.29, 0.717) is 0 Å². The highest BCUT2D eigenvalue weighted by Gasteiger charge is 2.11. The van der Waals surface area contributed by atoms with Crippen LogP contribution in [0.3, 0.4) is 0 Å². The molecule has 0 aliphatic carbocycles. The molecule has 0 aliphatic heterocycles. The van der Waals surface area contributed by atoms with E-state index in [4.69, 9.17) is 23.2 Å². The van der Waals surface area contributed by atoms with Gasteiger partial charge in [0.05, 0.1) is 22.2 Å². The van der Waals surface area contributed by atoms with Crippen LogP contribution in [0.2, 0.25) is 10.0 Å². The number of fused-ring (bicyclic) bond motifs is 1. The summed E-state index contributed by atoms with van der Waals surface area (Å²) in [6.45, 7) is 0. The molecule has 0 aliphatic rings. The monoisotopic (exact) mass is 414 g/mol. The molecule has 0 bridgehead atoms. The van der Waals surface area contributed by atoms with Crippen molar-refractivity contribution in [1.29, 1.82) is 0 Å². The molecule has 28 heavy (non-hydrogen) atoms. The fourth-order valence-electron chi connectivity index (χ4n) is 2.81. The molecule has 2 heterocycles. The molecule has 2 aromatic heterocycles. The van der Waals surface area contributed by atoms with Crippen LogP contribution in [0.5, 0.6) is 0 Å². The first kappa shape index (κ1) is 18.4. The van der Waals surface area contributed by atoms with Crippen molar-refractivity contribution in [2.24, 2.45) is 0 Å². The van der Waals surface area contributed by atoms with E-state index < -0.39 is 5.82 Å². The van der Waals surface area contributed by atoms with Crippen LogP contribution >= 0.6 is 23.2 Å². The maximum Gasteiger partial charge on any atom is 0.228 e. The smallest absolute Gasteiger partial charge is 0.228 e. The molecule has 0 unspecified atom stereocenters. The van der Waals surface area contributed by atoms with Gasteiger partial charge in [0.2, 0.25) is 5.91 Å². The Hall–Kier alpha value is -2.96. The predicted molar refractivity (Wildman–Crippen MR) is 107 cm³/mol. The van der Waals surface area contributed by atoms with Gasteiger partial charge in [0.25, 0.3) is 0 Å². The zero-order valence-corrected chi connectivity index (χ0v) is 15.9. The van der Waals surface area contributed by atoms with Crippen LogP contribution in [-0.4, -0.2) is 20.5 Å². The SMILES string of the molecule is O=C(Cc1ccc(-c2ccn3ncnc3c2)cc1)Nc1cc(Cl)c(Cl)cc1F. The van der Waals surface area contributed by atoms with E-state index in [0.717, 1.165) is 28.4 Å². The maximum atomic E-state index is 13.9. The number of amides is 1. The molecule has 5 nitrogen and oxygen atoms in total. The summed E-state index contributed by atoms with van der Waals surface area (Å²) in [6.07, 6.45) is 3.44. The van der Waals surface area contributed by atoms with Crippen LogP contribution in [0.4, 0.5) is 10.1 Å². The van der Waals surface area contributed by atoms with Gasteiger partial charge in [0, 0.05) is 6.20 Å². The average molecular weight is 415 g/mol. The van der Waals surface area contributed by atoms with E-state index in [1.54, 1.807) is 4.52 Å². The maximum absolute atomic E-state index is 13.9. The van der Waals surface area contributed by atoms with Crippen molar-refractivity contribution >= 4 is 40.4 Å². The number of nitrogens with one attached hydrogen (secondary N) is 1. The Kier molecular flexibility index (Phi) is 4.98. The van der Waals surface area contributed by atoms with Crippen molar-refractivity contribution in [2.45, 2.75) is 6.42 Å². The fourth-order valence-corrected chi connectivity index (χ4v) is 3.12. The second-order valence-corrected chi connectivity index (χ2v) is 6.96. The van der Waals surface area contributed by atoms with E-state index in [1.165, 1.54) is 12.4 Å². The number of aromatic nitrogens is 3. The summed E-state index contributed by atoms with van der Waals surface area (Å²) in [5.74, 6) is -0.989. The molecule has 4 aromatic rings. The van der Waals surface area contributed by atoms with Crippen LogP contribution in [-0.2, 0) is 11.2 Å². The third kappa shape index (κ3) is 3.83. The molecule has 0 atom stereocenters. The topological polar surface area (TPSA) is 59.3 Å². The zero-order valence-electron chi connectivity index (χ0n) is 14.4. The van der Waals surface area contributed by atoms with Gasteiger partial charge in [-0.3, -0.25) is 4.79 Å². The standard InChI is InChI=1S/C20H13Cl2FN4O/c21-15-9-17(23)18(10-16(15)22)26-20(28)7-12-1-3-13(4-2-12)14-5-6-27-19(8-14)24-11-25-27/h1-6,8-11H,7H2,(H,26,28). The van der Waals surface area contributed by atoms with Crippen molar-refractivity contribution in [1.82, 2.24) is 14.6 Å². The minimum Gasteiger partial charge on any atom is -0.323 e. The summed E-state index contributed by atoms with van der Waals surface area (Å²) in [4.78, 5) is 16.4. The largest absolute Gasteiger partial charge is 0.323 e. The van der Waals surface area contributed by atoms with Gasteiger partial charge in [0.15, 0.2) is 5.65 Å². The Morgan fingerprint density at radius 1 is 1.04 bits per heavy atom. The predicted octanol–water partition coefficient (Wildman–Crippen LogP) is 5.02. The number of carbonyl (C=O) groups excluding carboxylic acids is 1. The molecule has 1 N–H and O–H groups in total. The molecule has 0 saturated heterocycles. The van der Waals surface area contributed by atoms with Crippen LogP contribution in [0.1, 0.15) is 5.56 Å². The summed E-state index contributed by atoms with van der Waals surface area (Å²) in [5, 5.41) is 6.85. The van der Waals surface area contributed by atoms with Crippen molar-refractivity contribution in [3.05, 3.63) is 82.5 Å². The van der Waals surface area contributed by atoms with Gasteiger partial charge in [0.1, 0.15) is 12.1 Å². The first-order valence-electron chi connectivity index (χ1n) is 8.33. The second kappa shape index (κ2) is 7.58. The number of carbonyl (C=O) groups is 1. The molecule has 0 radical (unpaired) electrons. The van der Waals surface area contributed by atoms with E-state index in [2.05, 4.69) is 15.4 Å². The highest BCUT2D eigenvalue weighted by Crippen LogP contribution is 2.28. The fraction of sp³-hybridized carbons (Fsp3) is 0.0500. The molecular weight excluding hydrogens is 402 g/mol. The Balaban J connectivity index is 1.47. The molecular formula is C20H13Cl2FN4O. The number of hydrogen-bond donors (Lipinski definition) is 1. The Morgan fingerprint density at radius 3 is 2.57 bits per heavy atom. The van der Waals surface area contributed by atoms with Crippen LogP contribution in [0, 0.1) is 5.82 Å². The third-order valence-electron chi connectivity index (χ3n) is 4.22. The summed E-state index contributed by atoms with van der Waals surface area (Å²) >= 11 is 11.6. The number of rotatable bonds is 4.